The summed E-state index contributed by atoms with van der Waals surface area (Å²) in [6, 6.07) is 0. The zero-order valence-electron chi connectivity index (χ0n) is 8.73. The smallest absolute Gasteiger partial charge is 0.163 e. The second-order valence-electron chi connectivity index (χ2n) is 4.37. The molecule has 0 bridgehead atoms. The van der Waals surface area contributed by atoms with Crippen LogP contribution in [-0.4, -0.2) is 37.5 Å². The van der Waals surface area contributed by atoms with E-state index in [0.29, 0.717) is 6.42 Å². The molecule has 1 saturated heterocycles. The van der Waals surface area contributed by atoms with Crippen LogP contribution >= 0.6 is 0 Å². The van der Waals surface area contributed by atoms with E-state index in [1.165, 1.54) is 0 Å². The molecule has 1 heterocycles. The molecule has 0 aromatic rings. The van der Waals surface area contributed by atoms with E-state index in [4.69, 9.17) is 14.2 Å². The van der Waals surface area contributed by atoms with E-state index in [-0.39, 0.29) is 24.2 Å². The van der Waals surface area contributed by atoms with Gasteiger partial charge in [0.05, 0.1) is 12.2 Å². The summed E-state index contributed by atoms with van der Waals surface area (Å²) in [5, 5.41) is 0. The number of carbonyl (C=O) groups excluding carboxylic acids is 1. The van der Waals surface area contributed by atoms with Gasteiger partial charge in [-0.25, -0.2) is 0 Å². The molecular formula is C10H16O4. The molecule has 2 aliphatic rings. The molecule has 2 fully saturated rings. The molecule has 0 aromatic carbocycles. The molecule has 1 aliphatic carbocycles. The Kier molecular flexibility index (Phi) is 2.37. The van der Waals surface area contributed by atoms with Gasteiger partial charge in [-0.1, -0.05) is 0 Å². The Morgan fingerprint density at radius 1 is 1.36 bits per heavy atom. The minimum absolute atomic E-state index is 0.0167. The van der Waals surface area contributed by atoms with Gasteiger partial charge in [-0.2, -0.15) is 0 Å². The average Bonchev–Trinajstić information content (AvgIpc) is 2.57. The van der Waals surface area contributed by atoms with Crippen molar-refractivity contribution in [2.45, 2.75) is 44.4 Å². The topological polar surface area (TPSA) is 44.8 Å². The third-order valence-electron chi connectivity index (χ3n) is 2.93. The van der Waals surface area contributed by atoms with Gasteiger partial charge >= 0.3 is 0 Å². The SMILES string of the molecule is CO[C@@H]1C[C@H](C=O)[C@H]2OC(C)(C)O[C@H]21. The van der Waals surface area contributed by atoms with E-state index in [0.717, 1.165) is 6.29 Å². The zero-order chi connectivity index (χ0) is 10.3. The monoisotopic (exact) mass is 200 g/mol. The third kappa shape index (κ3) is 1.47. The number of rotatable bonds is 2. The van der Waals surface area contributed by atoms with Crippen molar-refractivity contribution in [3.8, 4) is 0 Å². The van der Waals surface area contributed by atoms with Crippen LogP contribution in [-0.2, 0) is 19.0 Å². The van der Waals surface area contributed by atoms with Crippen molar-refractivity contribution >= 4 is 6.29 Å². The molecule has 0 aromatic heterocycles. The molecule has 4 nitrogen and oxygen atoms in total. The molecule has 2 rings (SSSR count). The van der Waals surface area contributed by atoms with Gasteiger partial charge in [-0.15, -0.1) is 0 Å². The van der Waals surface area contributed by atoms with Crippen molar-refractivity contribution in [3.63, 3.8) is 0 Å². The number of hydrogen-bond donors (Lipinski definition) is 0. The Morgan fingerprint density at radius 2 is 2.00 bits per heavy atom. The fourth-order valence-corrected chi connectivity index (χ4v) is 2.34. The van der Waals surface area contributed by atoms with Crippen molar-refractivity contribution < 1.29 is 19.0 Å². The summed E-state index contributed by atoms with van der Waals surface area (Å²) >= 11 is 0. The second kappa shape index (κ2) is 3.29. The summed E-state index contributed by atoms with van der Waals surface area (Å²) in [5.41, 5.74) is 0. The fourth-order valence-electron chi connectivity index (χ4n) is 2.34. The number of ether oxygens (including phenoxy) is 3. The first kappa shape index (κ1) is 10.1. The van der Waals surface area contributed by atoms with Gasteiger partial charge < -0.3 is 19.0 Å². The summed E-state index contributed by atoms with van der Waals surface area (Å²) < 4.78 is 16.7. The molecular weight excluding hydrogens is 184 g/mol. The van der Waals surface area contributed by atoms with E-state index >= 15 is 0 Å². The van der Waals surface area contributed by atoms with Crippen molar-refractivity contribution in [2.24, 2.45) is 5.92 Å². The highest BCUT2D eigenvalue weighted by Crippen LogP contribution is 2.41. The molecule has 1 aliphatic heterocycles. The van der Waals surface area contributed by atoms with Gasteiger partial charge in [0.1, 0.15) is 12.4 Å². The summed E-state index contributed by atoms with van der Waals surface area (Å²) in [6.07, 6.45) is 1.40. The fraction of sp³-hybridized carbons (Fsp3) is 0.900. The highest BCUT2D eigenvalue weighted by atomic mass is 16.8. The van der Waals surface area contributed by atoms with Crippen LogP contribution in [0.1, 0.15) is 20.3 Å². The number of carbonyl (C=O) groups is 1. The first-order chi connectivity index (χ1) is 6.57. The normalized spacial score (nSPS) is 45.1. The van der Waals surface area contributed by atoms with E-state index in [9.17, 15) is 4.79 Å². The minimum atomic E-state index is -0.589. The molecule has 4 heteroatoms. The quantitative estimate of drug-likeness (QED) is 0.617. The number of fused-ring (bicyclic) bond motifs is 1. The summed E-state index contributed by atoms with van der Waals surface area (Å²) in [4.78, 5) is 10.8. The Morgan fingerprint density at radius 3 is 2.57 bits per heavy atom. The lowest BCUT2D eigenvalue weighted by Gasteiger charge is -2.21. The Labute approximate surface area is 83.5 Å². The lowest BCUT2D eigenvalue weighted by atomic mass is 10.1. The van der Waals surface area contributed by atoms with Crippen molar-refractivity contribution in [1.29, 1.82) is 0 Å². The van der Waals surface area contributed by atoms with Gasteiger partial charge in [0.25, 0.3) is 0 Å². The molecule has 0 unspecified atom stereocenters. The average molecular weight is 200 g/mol. The molecule has 0 spiro atoms. The largest absolute Gasteiger partial charge is 0.379 e. The maximum Gasteiger partial charge on any atom is 0.163 e. The van der Waals surface area contributed by atoms with Gasteiger partial charge in [0.15, 0.2) is 5.79 Å². The minimum Gasteiger partial charge on any atom is -0.379 e. The number of methoxy groups -OCH3 is 1. The Bertz CT molecular complexity index is 238. The highest BCUT2D eigenvalue weighted by molar-refractivity contribution is 5.56. The number of aldehydes is 1. The van der Waals surface area contributed by atoms with E-state index in [2.05, 4.69) is 0 Å². The highest BCUT2D eigenvalue weighted by Gasteiger charge is 2.54. The molecule has 0 N–H and O–H groups in total. The molecule has 0 radical (unpaired) electrons. The maximum absolute atomic E-state index is 10.8. The molecule has 4 atom stereocenters. The lowest BCUT2D eigenvalue weighted by molar-refractivity contribution is -0.168. The van der Waals surface area contributed by atoms with Crippen molar-refractivity contribution in [3.05, 3.63) is 0 Å². The van der Waals surface area contributed by atoms with E-state index in [1.807, 2.05) is 13.8 Å². The van der Waals surface area contributed by atoms with Gasteiger partial charge in [-0.3, -0.25) is 0 Å². The summed E-state index contributed by atoms with van der Waals surface area (Å²) in [5.74, 6) is -0.680. The van der Waals surface area contributed by atoms with Gasteiger partial charge in [0.2, 0.25) is 0 Å². The first-order valence-corrected chi connectivity index (χ1v) is 4.91. The molecule has 0 amide bonds. The Balaban J connectivity index is 2.16. The molecule has 1 saturated carbocycles. The summed E-state index contributed by atoms with van der Waals surface area (Å²) in [7, 11) is 1.64. The lowest BCUT2D eigenvalue weighted by Crippen LogP contribution is -2.29. The van der Waals surface area contributed by atoms with E-state index < -0.39 is 5.79 Å². The van der Waals surface area contributed by atoms with Gasteiger partial charge in [-0.05, 0) is 20.3 Å². The van der Waals surface area contributed by atoms with Crippen LogP contribution < -0.4 is 0 Å². The predicted octanol–water partition coefficient (Wildman–Crippen LogP) is 0.740. The van der Waals surface area contributed by atoms with Crippen LogP contribution in [0, 0.1) is 5.92 Å². The van der Waals surface area contributed by atoms with Crippen LogP contribution in [0.2, 0.25) is 0 Å². The maximum atomic E-state index is 10.8. The number of hydrogen-bond acceptors (Lipinski definition) is 4. The van der Waals surface area contributed by atoms with E-state index in [1.54, 1.807) is 7.11 Å². The molecule has 80 valence electrons. The van der Waals surface area contributed by atoms with Crippen molar-refractivity contribution in [2.75, 3.05) is 7.11 Å². The molecule has 14 heavy (non-hydrogen) atoms. The summed E-state index contributed by atoms with van der Waals surface area (Å²) in [6.45, 7) is 3.72. The van der Waals surface area contributed by atoms with Crippen LogP contribution in [0.3, 0.4) is 0 Å². The van der Waals surface area contributed by atoms with Crippen LogP contribution in [0.15, 0.2) is 0 Å². The standard InChI is InChI=1S/C10H16O4/c1-10(2)13-8-6(5-11)4-7(12-3)9(8)14-10/h5-9H,4H2,1-3H3/t6-,7-,8-,9+/m1/s1. The van der Waals surface area contributed by atoms with Crippen molar-refractivity contribution in [1.82, 2.24) is 0 Å². The van der Waals surface area contributed by atoms with Crippen LogP contribution in [0.5, 0.6) is 0 Å². The third-order valence-corrected chi connectivity index (χ3v) is 2.93. The predicted molar refractivity (Wildman–Crippen MR) is 48.8 cm³/mol. The van der Waals surface area contributed by atoms with Crippen LogP contribution in [0.25, 0.3) is 0 Å². The Hall–Kier alpha value is -0.450. The van der Waals surface area contributed by atoms with Crippen LogP contribution in [0.4, 0.5) is 0 Å². The first-order valence-electron chi connectivity index (χ1n) is 4.91. The zero-order valence-corrected chi connectivity index (χ0v) is 8.73. The second-order valence-corrected chi connectivity index (χ2v) is 4.37. The van der Waals surface area contributed by atoms with Gasteiger partial charge in [0, 0.05) is 13.0 Å².